The van der Waals surface area contributed by atoms with Crippen LogP contribution in [0.25, 0.3) is 0 Å². The number of aromatic nitrogens is 2. The van der Waals surface area contributed by atoms with Crippen LogP contribution < -0.4 is 9.64 Å². The average Bonchev–Trinajstić information content (AvgIpc) is 2.54. The lowest BCUT2D eigenvalue weighted by molar-refractivity contribution is -0.385. The molecule has 1 aliphatic rings. The van der Waals surface area contributed by atoms with Gasteiger partial charge >= 0.3 is 11.6 Å². The molecule has 25 heavy (non-hydrogen) atoms. The molecule has 0 N–H and O–H groups in total. The molecule has 0 unspecified atom stereocenters. The molecule has 7 nitrogen and oxygen atoms in total. The number of rotatable bonds is 4. The maximum atomic E-state index is 11.7. The normalized spacial score (nSPS) is 15.2. The molecule has 0 bridgehead atoms. The van der Waals surface area contributed by atoms with Crippen LogP contribution >= 0.6 is 0 Å². The molecule has 1 fully saturated rings. The molecule has 0 spiro atoms. The smallest absolute Gasteiger partial charge is 0.373 e. The van der Waals surface area contributed by atoms with Crippen molar-refractivity contribution in [3.63, 3.8) is 0 Å². The number of benzene rings is 1. The fraction of sp³-hybridized carbons (Fsp3) is 0.444. The lowest BCUT2D eigenvalue weighted by Crippen LogP contribution is -2.34. The minimum atomic E-state index is -0.453. The molecule has 2 heterocycles. The Morgan fingerprint density at radius 1 is 1.16 bits per heavy atom. The molecule has 1 saturated heterocycles. The minimum absolute atomic E-state index is 0.0152. The van der Waals surface area contributed by atoms with E-state index in [1.165, 1.54) is 6.33 Å². The van der Waals surface area contributed by atoms with Gasteiger partial charge in [0.2, 0.25) is 5.82 Å². The SMILES string of the molecule is Cc1cc(C)cc(Oc2ncnc(N3CCC(C)CC3)c2[N+](=O)[O-])c1. The van der Waals surface area contributed by atoms with Crippen LogP contribution in [-0.2, 0) is 0 Å². The first kappa shape index (κ1) is 17.1. The first-order valence-corrected chi connectivity index (χ1v) is 8.44. The Kier molecular flexibility index (Phi) is 4.83. The van der Waals surface area contributed by atoms with Gasteiger partial charge in [0.15, 0.2) is 0 Å². The Hall–Kier alpha value is -2.70. The van der Waals surface area contributed by atoms with Crippen LogP contribution in [0.4, 0.5) is 11.5 Å². The van der Waals surface area contributed by atoms with Crippen molar-refractivity contribution < 1.29 is 9.66 Å². The van der Waals surface area contributed by atoms with Crippen molar-refractivity contribution >= 4 is 11.5 Å². The van der Waals surface area contributed by atoms with Gasteiger partial charge in [0.1, 0.15) is 12.1 Å². The highest BCUT2D eigenvalue weighted by Crippen LogP contribution is 2.37. The Morgan fingerprint density at radius 3 is 2.40 bits per heavy atom. The van der Waals surface area contributed by atoms with Crippen LogP contribution in [0.5, 0.6) is 11.6 Å². The maximum Gasteiger partial charge on any atom is 0.373 e. The van der Waals surface area contributed by atoms with E-state index >= 15 is 0 Å². The van der Waals surface area contributed by atoms with Crippen LogP contribution in [0.3, 0.4) is 0 Å². The quantitative estimate of drug-likeness (QED) is 0.616. The van der Waals surface area contributed by atoms with Gasteiger partial charge in [-0.25, -0.2) is 4.98 Å². The van der Waals surface area contributed by atoms with Crippen molar-refractivity contribution in [2.24, 2.45) is 5.92 Å². The van der Waals surface area contributed by atoms with E-state index in [1.807, 2.05) is 36.9 Å². The molecule has 0 radical (unpaired) electrons. The summed E-state index contributed by atoms with van der Waals surface area (Å²) in [5.41, 5.74) is 1.88. The van der Waals surface area contributed by atoms with Crippen molar-refractivity contribution in [2.45, 2.75) is 33.6 Å². The lowest BCUT2D eigenvalue weighted by Gasteiger charge is -2.30. The molecule has 1 aromatic heterocycles. The number of nitrogens with zero attached hydrogens (tertiary/aromatic N) is 4. The van der Waals surface area contributed by atoms with Crippen molar-refractivity contribution in [3.05, 3.63) is 45.8 Å². The van der Waals surface area contributed by atoms with Gasteiger partial charge in [-0.3, -0.25) is 10.1 Å². The highest BCUT2D eigenvalue weighted by atomic mass is 16.6. The van der Waals surface area contributed by atoms with E-state index in [9.17, 15) is 10.1 Å². The van der Waals surface area contributed by atoms with Gasteiger partial charge in [0.05, 0.1) is 4.92 Å². The van der Waals surface area contributed by atoms with Crippen LogP contribution in [-0.4, -0.2) is 28.0 Å². The van der Waals surface area contributed by atoms with Crippen LogP contribution in [0, 0.1) is 29.9 Å². The molecular formula is C18H22N4O3. The predicted molar refractivity (Wildman–Crippen MR) is 95.3 cm³/mol. The number of piperidine rings is 1. The highest BCUT2D eigenvalue weighted by molar-refractivity contribution is 5.63. The van der Waals surface area contributed by atoms with Crippen LogP contribution in [0.2, 0.25) is 0 Å². The molecule has 132 valence electrons. The molecular weight excluding hydrogens is 320 g/mol. The summed E-state index contributed by atoms with van der Waals surface area (Å²) in [6.45, 7) is 7.60. The zero-order chi connectivity index (χ0) is 18.0. The predicted octanol–water partition coefficient (Wildman–Crippen LogP) is 4.03. The molecule has 0 atom stereocenters. The largest absolute Gasteiger partial charge is 0.434 e. The fourth-order valence-electron chi connectivity index (χ4n) is 3.14. The van der Waals surface area contributed by atoms with Gasteiger partial charge in [-0.05, 0) is 55.9 Å². The molecule has 1 aliphatic heterocycles. The Labute approximate surface area is 146 Å². The molecule has 0 amide bonds. The zero-order valence-electron chi connectivity index (χ0n) is 14.7. The summed E-state index contributed by atoms with van der Waals surface area (Å²) >= 11 is 0. The topological polar surface area (TPSA) is 81.4 Å². The third kappa shape index (κ3) is 3.87. The zero-order valence-corrected chi connectivity index (χ0v) is 14.7. The van der Waals surface area contributed by atoms with Gasteiger partial charge in [-0.15, -0.1) is 0 Å². The Balaban J connectivity index is 1.96. The van der Waals surface area contributed by atoms with Crippen molar-refractivity contribution in [1.29, 1.82) is 0 Å². The summed E-state index contributed by atoms with van der Waals surface area (Å²) in [5, 5.41) is 11.7. The van der Waals surface area contributed by atoms with Gasteiger partial charge in [0.25, 0.3) is 0 Å². The maximum absolute atomic E-state index is 11.7. The standard InChI is InChI=1S/C18H22N4O3/c1-12-4-6-21(7-5-12)17-16(22(23)24)18(20-11-19-17)25-15-9-13(2)8-14(3)10-15/h8-12H,4-7H2,1-3H3. The second kappa shape index (κ2) is 7.04. The minimum Gasteiger partial charge on any atom is -0.434 e. The number of nitro groups is 1. The molecule has 2 aromatic rings. The van der Waals surface area contributed by atoms with E-state index in [-0.39, 0.29) is 11.6 Å². The van der Waals surface area contributed by atoms with E-state index in [0.717, 1.165) is 37.1 Å². The van der Waals surface area contributed by atoms with E-state index in [1.54, 1.807) is 0 Å². The van der Waals surface area contributed by atoms with Crippen LogP contribution in [0.1, 0.15) is 30.9 Å². The molecule has 7 heteroatoms. The van der Waals surface area contributed by atoms with Crippen LogP contribution in [0.15, 0.2) is 24.5 Å². The van der Waals surface area contributed by atoms with Gasteiger partial charge in [0, 0.05) is 13.1 Å². The summed E-state index contributed by atoms with van der Waals surface area (Å²) < 4.78 is 5.77. The summed E-state index contributed by atoms with van der Waals surface area (Å²) in [4.78, 5) is 21.4. The lowest BCUT2D eigenvalue weighted by atomic mass is 9.99. The third-order valence-corrected chi connectivity index (χ3v) is 4.44. The number of ether oxygens (including phenoxy) is 1. The van der Waals surface area contributed by atoms with E-state index in [2.05, 4.69) is 16.9 Å². The number of hydrogen-bond acceptors (Lipinski definition) is 6. The Morgan fingerprint density at radius 2 is 1.80 bits per heavy atom. The second-order valence-electron chi connectivity index (χ2n) is 6.70. The summed E-state index contributed by atoms with van der Waals surface area (Å²) in [6, 6.07) is 5.68. The van der Waals surface area contributed by atoms with E-state index < -0.39 is 4.92 Å². The second-order valence-corrected chi connectivity index (χ2v) is 6.70. The van der Waals surface area contributed by atoms with Gasteiger partial charge in [-0.2, -0.15) is 4.98 Å². The van der Waals surface area contributed by atoms with Crippen molar-refractivity contribution in [1.82, 2.24) is 9.97 Å². The van der Waals surface area contributed by atoms with Crippen molar-refractivity contribution in [3.8, 4) is 11.6 Å². The molecule has 1 aromatic carbocycles. The first-order chi connectivity index (χ1) is 11.9. The first-order valence-electron chi connectivity index (χ1n) is 8.44. The number of hydrogen-bond donors (Lipinski definition) is 0. The molecule has 0 aliphatic carbocycles. The van der Waals surface area contributed by atoms with Gasteiger partial charge < -0.3 is 9.64 Å². The van der Waals surface area contributed by atoms with E-state index in [4.69, 9.17) is 4.74 Å². The van der Waals surface area contributed by atoms with Gasteiger partial charge in [-0.1, -0.05) is 13.0 Å². The summed E-state index contributed by atoms with van der Waals surface area (Å²) in [7, 11) is 0. The Bertz CT molecular complexity index is 766. The monoisotopic (exact) mass is 342 g/mol. The summed E-state index contributed by atoms with van der Waals surface area (Å²) in [5.74, 6) is 1.49. The van der Waals surface area contributed by atoms with E-state index in [0.29, 0.717) is 17.5 Å². The fourth-order valence-corrected chi connectivity index (χ4v) is 3.14. The average molecular weight is 342 g/mol. The van der Waals surface area contributed by atoms with Crippen molar-refractivity contribution in [2.75, 3.05) is 18.0 Å². The molecule has 0 saturated carbocycles. The summed E-state index contributed by atoms with van der Waals surface area (Å²) in [6.07, 6.45) is 3.32. The molecule has 3 rings (SSSR count). The highest BCUT2D eigenvalue weighted by Gasteiger charge is 2.30. The third-order valence-electron chi connectivity index (χ3n) is 4.44. The number of anilines is 1. The number of aryl methyl sites for hydroxylation is 2.